The molecule has 1 unspecified atom stereocenters. The van der Waals surface area contributed by atoms with Crippen LogP contribution in [0.3, 0.4) is 0 Å². The predicted octanol–water partition coefficient (Wildman–Crippen LogP) is 6.32. The Morgan fingerprint density at radius 3 is 2.65 bits per heavy atom. The van der Waals surface area contributed by atoms with E-state index in [0.29, 0.717) is 44.9 Å². The molecule has 2 aliphatic heterocycles. The van der Waals surface area contributed by atoms with Gasteiger partial charge in [0.05, 0.1) is 24.7 Å². The maximum Gasteiger partial charge on any atom is 0.410 e. The van der Waals surface area contributed by atoms with Crippen LogP contribution in [0.5, 0.6) is 5.75 Å². The number of fused-ring (bicyclic) bond motifs is 1. The van der Waals surface area contributed by atoms with Crippen molar-refractivity contribution < 1.29 is 32.2 Å². The molecule has 0 aromatic heterocycles. The Kier molecular flexibility index (Phi) is 11.4. The van der Waals surface area contributed by atoms with Gasteiger partial charge in [0.15, 0.2) is 0 Å². The van der Waals surface area contributed by atoms with Crippen molar-refractivity contribution in [2.75, 3.05) is 26.3 Å². The average molecular weight is 647 g/mol. The van der Waals surface area contributed by atoms with Crippen LogP contribution < -0.4 is 9.46 Å². The molecule has 0 radical (unpaired) electrons. The fourth-order valence-corrected chi connectivity index (χ4v) is 6.33. The molecule has 5 rings (SSSR count). The van der Waals surface area contributed by atoms with Crippen LogP contribution in [0.2, 0.25) is 0 Å². The van der Waals surface area contributed by atoms with Crippen LogP contribution in [0.15, 0.2) is 77.7 Å². The number of hydrogen-bond donors (Lipinski definition) is 1. The lowest BCUT2D eigenvalue weighted by Gasteiger charge is -2.32. The van der Waals surface area contributed by atoms with Crippen LogP contribution in [0.25, 0.3) is 0 Å². The zero-order valence-electron chi connectivity index (χ0n) is 26.5. The lowest BCUT2D eigenvalue weighted by Crippen LogP contribution is -2.35. The van der Waals surface area contributed by atoms with Gasteiger partial charge in [0, 0.05) is 51.1 Å². The maximum atomic E-state index is 12.7. The first-order valence-electron chi connectivity index (χ1n) is 15.8. The number of cyclic esters (lactones) is 1. The molecular weight excluding hydrogens is 604 g/mol. The summed E-state index contributed by atoms with van der Waals surface area (Å²) in [6, 6.07) is 21.9. The lowest BCUT2D eigenvalue weighted by atomic mass is 10.0. The van der Waals surface area contributed by atoms with Gasteiger partial charge in [-0.15, -0.1) is 0 Å². The molecule has 1 saturated heterocycles. The number of sulfonamides is 1. The van der Waals surface area contributed by atoms with Gasteiger partial charge < -0.3 is 23.8 Å². The predicted molar refractivity (Wildman–Crippen MR) is 174 cm³/mol. The van der Waals surface area contributed by atoms with Crippen LogP contribution in [-0.4, -0.2) is 51.5 Å². The number of carbonyl (C=O) groups excluding carboxylic acids is 1. The standard InChI is InChI=1S/C36H42N2O7S/c1-36(2)43-27-31-24-30(18-19-33(31)45-36)34-26-38(35(39)44-34)20-9-3-4-10-21-42-22-11-8-13-28-16-12-17-32(23-28)46(40,41)37-25-29-14-6-5-7-15-29/h5-7,12,14-19,23-24,34,37H,3-4,9-11,20-22,25-27H2,1-2H3. The lowest BCUT2D eigenvalue weighted by molar-refractivity contribution is -0.180. The normalized spacial score (nSPS) is 17.0. The molecule has 1 N–H and O–H groups in total. The smallest absolute Gasteiger partial charge is 0.410 e. The van der Waals surface area contributed by atoms with E-state index in [9.17, 15) is 13.2 Å². The highest BCUT2D eigenvalue weighted by molar-refractivity contribution is 7.89. The van der Waals surface area contributed by atoms with E-state index in [2.05, 4.69) is 16.6 Å². The van der Waals surface area contributed by atoms with Crippen LogP contribution in [0, 0.1) is 11.8 Å². The molecule has 0 bridgehead atoms. The van der Waals surface area contributed by atoms with Crippen molar-refractivity contribution in [3.63, 3.8) is 0 Å². The van der Waals surface area contributed by atoms with Crippen LogP contribution in [-0.2, 0) is 37.4 Å². The van der Waals surface area contributed by atoms with E-state index in [4.69, 9.17) is 18.9 Å². The van der Waals surface area contributed by atoms with Crippen molar-refractivity contribution in [2.45, 2.75) is 75.9 Å². The number of amides is 1. The highest BCUT2D eigenvalue weighted by Crippen LogP contribution is 2.35. The SMILES string of the molecule is CC1(C)OCc2cc(C3CN(CCCCCCOCCC#Cc4cccc(S(=O)(=O)NCc5ccccc5)c4)C(=O)O3)ccc2O1. The van der Waals surface area contributed by atoms with Crippen LogP contribution in [0.4, 0.5) is 4.79 Å². The third kappa shape index (κ3) is 9.56. The van der Waals surface area contributed by atoms with Crippen molar-refractivity contribution in [1.29, 1.82) is 0 Å². The summed E-state index contributed by atoms with van der Waals surface area (Å²) in [5.41, 5.74) is 3.46. The minimum atomic E-state index is -3.64. The quantitative estimate of drug-likeness (QED) is 0.162. The first kappa shape index (κ1) is 33.5. The Hall–Kier alpha value is -3.88. The maximum absolute atomic E-state index is 12.7. The van der Waals surface area contributed by atoms with E-state index >= 15 is 0 Å². The van der Waals surface area contributed by atoms with Crippen molar-refractivity contribution in [2.24, 2.45) is 0 Å². The molecule has 1 amide bonds. The monoisotopic (exact) mass is 646 g/mol. The third-order valence-electron chi connectivity index (χ3n) is 7.80. The molecule has 3 aromatic carbocycles. The summed E-state index contributed by atoms with van der Waals surface area (Å²) >= 11 is 0. The summed E-state index contributed by atoms with van der Waals surface area (Å²) in [5.74, 6) is 6.27. The summed E-state index contributed by atoms with van der Waals surface area (Å²) < 4.78 is 51.0. The highest BCUT2D eigenvalue weighted by Gasteiger charge is 2.33. The number of nitrogens with one attached hydrogen (secondary N) is 1. The summed E-state index contributed by atoms with van der Waals surface area (Å²) in [7, 11) is -3.64. The topological polar surface area (TPSA) is 103 Å². The molecule has 1 atom stereocenters. The van der Waals surface area contributed by atoms with Gasteiger partial charge >= 0.3 is 6.09 Å². The van der Waals surface area contributed by atoms with Gasteiger partial charge in [0.2, 0.25) is 15.8 Å². The Morgan fingerprint density at radius 1 is 0.978 bits per heavy atom. The van der Waals surface area contributed by atoms with E-state index < -0.39 is 15.8 Å². The zero-order valence-corrected chi connectivity index (χ0v) is 27.3. The minimum absolute atomic E-state index is 0.192. The third-order valence-corrected chi connectivity index (χ3v) is 9.20. The molecule has 0 spiro atoms. The zero-order chi connectivity index (χ0) is 32.4. The Labute approximate surface area is 272 Å². The molecule has 0 aliphatic carbocycles. The first-order valence-corrected chi connectivity index (χ1v) is 17.3. The molecule has 9 nitrogen and oxygen atoms in total. The number of hydrogen-bond acceptors (Lipinski definition) is 7. The summed E-state index contributed by atoms with van der Waals surface area (Å²) in [4.78, 5) is 14.4. The van der Waals surface area contributed by atoms with Crippen LogP contribution >= 0.6 is 0 Å². The van der Waals surface area contributed by atoms with E-state index in [1.54, 1.807) is 29.2 Å². The molecule has 0 saturated carbocycles. The van der Waals surface area contributed by atoms with Gasteiger partial charge in [-0.2, -0.15) is 0 Å². The van der Waals surface area contributed by atoms with E-state index in [1.165, 1.54) is 0 Å². The van der Waals surface area contributed by atoms with Crippen molar-refractivity contribution in [1.82, 2.24) is 9.62 Å². The van der Waals surface area contributed by atoms with Gasteiger partial charge in [-0.25, -0.2) is 17.9 Å². The number of carbonyl (C=O) groups is 1. The number of unbranched alkanes of at least 4 members (excludes halogenated alkanes) is 3. The van der Waals surface area contributed by atoms with Crippen molar-refractivity contribution >= 4 is 16.1 Å². The molecule has 46 heavy (non-hydrogen) atoms. The van der Waals surface area contributed by atoms with E-state index in [0.717, 1.165) is 48.1 Å². The molecule has 10 heteroatoms. The second kappa shape index (κ2) is 15.6. The largest absolute Gasteiger partial charge is 0.463 e. The molecule has 2 heterocycles. The van der Waals surface area contributed by atoms with Crippen molar-refractivity contribution in [3.05, 3.63) is 95.1 Å². The first-order chi connectivity index (χ1) is 22.2. The molecular formula is C36H42N2O7S. The molecule has 1 fully saturated rings. The number of ether oxygens (including phenoxy) is 4. The minimum Gasteiger partial charge on any atom is -0.463 e. The Balaban J connectivity index is 0.933. The van der Waals surface area contributed by atoms with Crippen molar-refractivity contribution in [3.8, 4) is 17.6 Å². The fraction of sp³-hybridized carbons (Fsp3) is 0.417. The molecule has 3 aromatic rings. The second-order valence-electron chi connectivity index (χ2n) is 11.9. The van der Waals surface area contributed by atoms with Gasteiger partial charge in [-0.1, -0.05) is 67.1 Å². The fourth-order valence-electron chi connectivity index (χ4n) is 5.27. The average Bonchev–Trinajstić information content (AvgIpc) is 3.42. The van der Waals surface area contributed by atoms with Crippen LogP contribution in [0.1, 0.15) is 74.3 Å². The Bertz CT molecular complexity index is 1650. The summed E-state index contributed by atoms with van der Waals surface area (Å²) in [6.07, 6.45) is 3.86. The molecule has 2 aliphatic rings. The summed E-state index contributed by atoms with van der Waals surface area (Å²) in [6.45, 7) is 6.85. The highest BCUT2D eigenvalue weighted by atomic mass is 32.2. The van der Waals surface area contributed by atoms with E-state index in [-0.39, 0.29) is 23.6 Å². The second-order valence-corrected chi connectivity index (χ2v) is 13.7. The molecule has 244 valence electrons. The number of rotatable bonds is 14. The van der Waals surface area contributed by atoms with E-state index in [1.807, 2.05) is 62.4 Å². The summed E-state index contributed by atoms with van der Waals surface area (Å²) in [5, 5.41) is 0. The number of nitrogens with zero attached hydrogens (tertiary/aromatic N) is 1. The number of benzene rings is 3. The van der Waals surface area contributed by atoms with Gasteiger partial charge in [-0.3, -0.25) is 0 Å². The van der Waals surface area contributed by atoms with Gasteiger partial charge in [-0.05, 0) is 54.3 Å². The van der Waals surface area contributed by atoms with Gasteiger partial charge in [0.1, 0.15) is 11.9 Å². The Morgan fingerprint density at radius 2 is 1.80 bits per heavy atom. The van der Waals surface area contributed by atoms with Gasteiger partial charge in [0.25, 0.3) is 0 Å².